The summed E-state index contributed by atoms with van der Waals surface area (Å²) in [5.41, 5.74) is 0.483. The third-order valence-electron chi connectivity index (χ3n) is 1.46. The average Bonchev–Trinajstić information content (AvgIpc) is 2.17. The Morgan fingerprint density at radius 2 is 2.33 bits per heavy atom. The number of hydrogen-bond donors (Lipinski definition) is 1. The molecular formula is C9H10NO2. The van der Waals surface area contributed by atoms with Gasteiger partial charge in [-0.3, -0.25) is 4.79 Å². The quantitative estimate of drug-likeness (QED) is 0.703. The van der Waals surface area contributed by atoms with Gasteiger partial charge in [0.05, 0.1) is 12.7 Å². The van der Waals surface area contributed by atoms with Crippen molar-refractivity contribution in [3.63, 3.8) is 0 Å². The molecule has 0 heterocycles. The first-order valence-electron chi connectivity index (χ1n) is 3.56. The van der Waals surface area contributed by atoms with Gasteiger partial charge in [0.25, 0.3) is 5.91 Å². The molecule has 1 aromatic rings. The molecular weight excluding hydrogens is 154 g/mol. The number of carbonyl (C=O) groups excluding carboxylic acids is 1. The molecule has 1 radical (unpaired) electrons. The molecule has 0 unspecified atom stereocenters. The predicted octanol–water partition coefficient (Wildman–Crippen LogP) is 0.855. The lowest BCUT2D eigenvalue weighted by molar-refractivity contribution is 0.0962. The van der Waals surface area contributed by atoms with Crippen molar-refractivity contribution in [2.75, 3.05) is 14.2 Å². The van der Waals surface area contributed by atoms with Crippen LogP contribution in [0.2, 0.25) is 0 Å². The number of carbonyl (C=O) groups is 1. The molecule has 1 rings (SSSR count). The fraction of sp³-hybridized carbons (Fsp3) is 0.222. The molecule has 0 aliphatic carbocycles. The molecule has 1 aromatic carbocycles. The number of benzene rings is 1. The molecule has 0 aromatic heterocycles. The Morgan fingerprint density at radius 1 is 1.58 bits per heavy atom. The number of hydrogen-bond acceptors (Lipinski definition) is 2. The zero-order valence-electron chi connectivity index (χ0n) is 7.05. The van der Waals surface area contributed by atoms with Gasteiger partial charge in [-0.2, -0.15) is 0 Å². The highest BCUT2D eigenvalue weighted by Crippen LogP contribution is 2.10. The Hall–Kier alpha value is -1.51. The molecule has 0 spiro atoms. The highest BCUT2D eigenvalue weighted by molar-refractivity contribution is 5.93. The van der Waals surface area contributed by atoms with E-state index in [9.17, 15) is 4.79 Å². The minimum atomic E-state index is -0.158. The Labute approximate surface area is 71.4 Å². The molecule has 0 aliphatic heterocycles. The van der Waals surface area contributed by atoms with Crippen LogP contribution in [0.5, 0.6) is 5.75 Å². The van der Waals surface area contributed by atoms with Crippen molar-refractivity contribution >= 4 is 5.91 Å². The SMILES string of the molecule is CNC(=O)c1[c]c(OC)ccc1. The number of nitrogens with one attached hydrogen (secondary N) is 1. The lowest BCUT2D eigenvalue weighted by Gasteiger charge is -2.01. The summed E-state index contributed by atoms with van der Waals surface area (Å²) in [5.74, 6) is 0.407. The summed E-state index contributed by atoms with van der Waals surface area (Å²) in [6.07, 6.45) is 0. The van der Waals surface area contributed by atoms with E-state index in [1.54, 1.807) is 32.4 Å². The second-order valence-corrected chi connectivity index (χ2v) is 2.21. The molecule has 12 heavy (non-hydrogen) atoms. The van der Waals surface area contributed by atoms with Gasteiger partial charge in [-0.1, -0.05) is 6.07 Å². The van der Waals surface area contributed by atoms with Crippen LogP contribution in [0.25, 0.3) is 0 Å². The van der Waals surface area contributed by atoms with Crippen LogP contribution in [-0.4, -0.2) is 20.1 Å². The molecule has 0 saturated carbocycles. The van der Waals surface area contributed by atoms with E-state index in [2.05, 4.69) is 11.4 Å². The molecule has 0 saturated heterocycles. The van der Waals surface area contributed by atoms with Gasteiger partial charge < -0.3 is 10.1 Å². The maximum absolute atomic E-state index is 11.1. The van der Waals surface area contributed by atoms with E-state index in [1.165, 1.54) is 0 Å². The second-order valence-electron chi connectivity index (χ2n) is 2.21. The Morgan fingerprint density at radius 3 is 2.92 bits per heavy atom. The minimum Gasteiger partial charge on any atom is -0.496 e. The normalized spacial score (nSPS) is 9.17. The van der Waals surface area contributed by atoms with Crippen molar-refractivity contribution in [3.8, 4) is 5.75 Å². The van der Waals surface area contributed by atoms with Crippen molar-refractivity contribution in [1.82, 2.24) is 5.32 Å². The molecule has 63 valence electrons. The maximum atomic E-state index is 11.1. The van der Waals surface area contributed by atoms with Crippen molar-refractivity contribution in [1.29, 1.82) is 0 Å². The summed E-state index contributed by atoms with van der Waals surface area (Å²) in [6, 6.07) is 7.98. The number of rotatable bonds is 2. The molecule has 0 bridgehead atoms. The van der Waals surface area contributed by atoms with Gasteiger partial charge >= 0.3 is 0 Å². The molecule has 0 fully saturated rings. The summed E-state index contributed by atoms with van der Waals surface area (Å²) in [6.45, 7) is 0. The predicted molar refractivity (Wildman–Crippen MR) is 45.2 cm³/mol. The Kier molecular flexibility index (Phi) is 2.69. The molecule has 0 atom stereocenters. The van der Waals surface area contributed by atoms with Gasteiger partial charge in [-0.15, -0.1) is 0 Å². The Bertz CT molecular complexity index is 284. The largest absolute Gasteiger partial charge is 0.496 e. The molecule has 0 aliphatic rings. The summed E-state index contributed by atoms with van der Waals surface area (Å²) in [7, 11) is 3.12. The Balaban J connectivity index is 2.93. The van der Waals surface area contributed by atoms with Crippen molar-refractivity contribution < 1.29 is 9.53 Å². The van der Waals surface area contributed by atoms with Crippen molar-refractivity contribution in [2.24, 2.45) is 0 Å². The van der Waals surface area contributed by atoms with E-state index >= 15 is 0 Å². The van der Waals surface area contributed by atoms with Gasteiger partial charge in [0.2, 0.25) is 0 Å². The first kappa shape index (κ1) is 8.59. The second kappa shape index (κ2) is 3.76. The van der Waals surface area contributed by atoms with E-state index in [0.29, 0.717) is 11.3 Å². The molecule has 3 heteroatoms. The monoisotopic (exact) mass is 164 g/mol. The highest BCUT2D eigenvalue weighted by Gasteiger charge is 2.03. The molecule has 1 N–H and O–H groups in total. The van der Waals surface area contributed by atoms with Crippen LogP contribution < -0.4 is 10.1 Å². The fourth-order valence-corrected chi connectivity index (χ4v) is 0.834. The smallest absolute Gasteiger partial charge is 0.251 e. The van der Waals surface area contributed by atoms with Gasteiger partial charge in [0.15, 0.2) is 0 Å². The molecule has 3 nitrogen and oxygen atoms in total. The number of methoxy groups -OCH3 is 1. The zero-order chi connectivity index (χ0) is 8.97. The van der Waals surface area contributed by atoms with E-state index < -0.39 is 0 Å². The average molecular weight is 164 g/mol. The van der Waals surface area contributed by atoms with E-state index in [-0.39, 0.29) is 5.91 Å². The van der Waals surface area contributed by atoms with E-state index in [0.717, 1.165) is 0 Å². The van der Waals surface area contributed by atoms with Crippen LogP contribution in [0, 0.1) is 6.07 Å². The van der Waals surface area contributed by atoms with Gasteiger partial charge in [-0.25, -0.2) is 0 Å². The maximum Gasteiger partial charge on any atom is 0.251 e. The van der Waals surface area contributed by atoms with Crippen LogP contribution in [0.15, 0.2) is 18.2 Å². The van der Waals surface area contributed by atoms with E-state index in [4.69, 9.17) is 4.74 Å². The third-order valence-corrected chi connectivity index (χ3v) is 1.46. The van der Waals surface area contributed by atoms with E-state index in [1.807, 2.05) is 0 Å². The standard InChI is InChI=1S/C9H10NO2/c1-10-9(11)7-4-3-5-8(6-7)12-2/h3-5H,1-2H3,(H,10,11). The van der Waals surface area contributed by atoms with Gasteiger partial charge in [0.1, 0.15) is 5.75 Å². The zero-order valence-corrected chi connectivity index (χ0v) is 7.05. The lowest BCUT2D eigenvalue weighted by Crippen LogP contribution is -2.17. The van der Waals surface area contributed by atoms with Crippen molar-refractivity contribution in [2.45, 2.75) is 0 Å². The van der Waals surface area contributed by atoms with Crippen LogP contribution >= 0.6 is 0 Å². The lowest BCUT2D eigenvalue weighted by atomic mass is 10.2. The number of ether oxygens (including phenoxy) is 1. The van der Waals surface area contributed by atoms with Gasteiger partial charge in [-0.05, 0) is 12.1 Å². The minimum absolute atomic E-state index is 0.158. The van der Waals surface area contributed by atoms with Crippen molar-refractivity contribution in [3.05, 3.63) is 29.8 Å². The molecule has 1 amide bonds. The fourth-order valence-electron chi connectivity index (χ4n) is 0.834. The summed E-state index contributed by atoms with van der Waals surface area (Å²) < 4.78 is 4.91. The van der Waals surface area contributed by atoms with Crippen LogP contribution in [0.1, 0.15) is 10.4 Å². The third kappa shape index (κ3) is 1.75. The van der Waals surface area contributed by atoms with Gasteiger partial charge in [0, 0.05) is 13.1 Å². The number of amides is 1. The highest BCUT2D eigenvalue weighted by atomic mass is 16.5. The summed E-state index contributed by atoms with van der Waals surface area (Å²) >= 11 is 0. The summed E-state index contributed by atoms with van der Waals surface area (Å²) in [5, 5.41) is 2.51. The first-order chi connectivity index (χ1) is 5.77. The van der Waals surface area contributed by atoms with Crippen LogP contribution in [-0.2, 0) is 0 Å². The summed E-state index contributed by atoms with van der Waals surface area (Å²) in [4.78, 5) is 11.1. The topological polar surface area (TPSA) is 38.3 Å². The van der Waals surface area contributed by atoms with Crippen LogP contribution in [0.3, 0.4) is 0 Å². The van der Waals surface area contributed by atoms with Crippen LogP contribution in [0.4, 0.5) is 0 Å². The first-order valence-corrected chi connectivity index (χ1v) is 3.56.